The lowest BCUT2D eigenvalue weighted by Crippen LogP contribution is -2.66. The highest BCUT2D eigenvalue weighted by Crippen LogP contribution is 2.24. The molecule has 2 aromatic carbocycles. The molecule has 0 spiro atoms. The number of benzene rings is 2. The first-order valence-electron chi connectivity index (χ1n) is 14.0. The number of nitrogens with zero attached hydrogens (tertiary/aromatic N) is 1. The topological polar surface area (TPSA) is 239 Å². The molecule has 0 saturated carbocycles. The van der Waals surface area contributed by atoms with Gasteiger partial charge in [-0.05, 0) is 30.2 Å². The fraction of sp³-hybridized carbons (Fsp3) is 0.333. The highest BCUT2D eigenvalue weighted by Gasteiger charge is 2.47. The molecule has 15 heteroatoms. The number of amides is 5. The van der Waals surface area contributed by atoms with Gasteiger partial charge in [-0.25, -0.2) is 4.98 Å². The van der Waals surface area contributed by atoms with Gasteiger partial charge in [0.25, 0.3) is 0 Å². The number of hydrogen-bond acceptors (Lipinski definition) is 10. The lowest BCUT2D eigenvalue weighted by atomic mass is 9.78. The third-order valence-electron chi connectivity index (χ3n) is 7.16. The molecule has 5 amide bonds. The van der Waals surface area contributed by atoms with Gasteiger partial charge in [0.2, 0.25) is 29.5 Å². The molecular formula is C30H37N7O7S. The van der Waals surface area contributed by atoms with E-state index in [1.807, 2.05) is 0 Å². The van der Waals surface area contributed by atoms with Crippen LogP contribution >= 0.6 is 11.3 Å². The number of aliphatic hydroxyl groups is 1. The fourth-order valence-corrected chi connectivity index (χ4v) is 5.18. The molecule has 4 atom stereocenters. The van der Waals surface area contributed by atoms with Gasteiger partial charge in [-0.3, -0.25) is 24.0 Å². The molecule has 0 radical (unpaired) electrons. The zero-order chi connectivity index (χ0) is 33.1. The van der Waals surface area contributed by atoms with Crippen molar-refractivity contribution in [2.45, 2.75) is 50.9 Å². The van der Waals surface area contributed by atoms with Crippen molar-refractivity contribution in [2.75, 3.05) is 11.9 Å². The van der Waals surface area contributed by atoms with Crippen molar-refractivity contribution in [3.8, 4) is 5.75 Å². The van der Waals surface area contributed by atoms with Gasteiger partial charge in [-0.1, -0.05) is 60.7 Å². The van der Waals surface area contributed by atoms with Crippen LogP contribution in [0.1, 0.15) is 29.9 Å². The van der Waals surface area contributed by atoms with E-state index in [1.165, 1.54) is 32.2 Å². The second kappa shape index (κ2) is 15.6. The van der Waals surface area contributed by atoms with Crippen molar-refractivity contribution in [1.29, 1.82) is 0 Å². The number of aromatic nitrogens is 1. The number of anilines is 1. The SMILES string of the molecule is C[C@H](NC(=O)[C@@H](C)C(Cc1ccccc1)(NC(=O)CNc1ncc(CO)s1)C(N)=O)C(=O)N[C@@H](Cc1ccc(O)cc1)C(N)=O. The second-order valence-electron chi connectivity index (χ2n) is 10.5. The zero-order valence-corrected chi connectivity index (χ0v) is 25.6. The third kappa shape index (κ3) is 9.48. The van der Waals surface area contributed by atoms with E-state index >= 15 is 0 Å². The molecule has 0 saturated heterocycles. The van der Waals surface area contributed by atoms with E-state index in [2.05, 4.69) is 26.3 Å². The number of thiazole rings is 1. The summed E-state index contributed by atoms with van der Waals surface area (Å²) in [7, 11) is 0. The number of hydrogen-bond donors (Lipinski definition) is 8. The van der Waals surface area contributed by atoms with Crippen LogP contribution in [0.5, 0.6) is 5.75 Å². The summed E-state index contributed by atoms with van der Waals surface area (Å²) in [5, 5.41) is 29.6. The first kappa shape index (κ1) is 34.5. The van der Waals surface area contributed by atoms with Gasteiger partial charge in [0.1, 0.15) is 23.4 Å². The average molecular weight is 640 g/mol. The molecule has 1 unspecified atom stereocenters. The lowest BCUT2D eigenvalue weighted by Gasteiger charge is -2.37. The molecule has 10 N–H and O–H groups in total. The molecule has 0 fully saturated rings. The molecule has 240 valence electrons. The van der Waals surface area contributed by atoms with Crippen molar-refractivity contribution < 1.29 is 34.2 Å². The molecule has 0 aliphatic rings. The minimum Gasteiger partial charge on any atom is -0.508 e. The van der Waals surface area contributed by atoms with Crippen LogP contribution in [0.15, 0.2) is 60.8 Å². The van der Waals surface area contributed by atoms with Crippen LogP contribution in [-0.2, 0) is 43.4 Å². The maximum absolute atomic E-state index is 13.5. The Balaban J connectivity index is 1.76. The number of rotatable bonds is 16. The summed E-state index contributed by atoms with van der Waals surface area (Å²) in [6, 6.07) is 12.4. The molecule has 0 aliphatic heterocycles. The highest BCUT2D eigenvalue weighted by atomic mass is 32.1. The number of nitrogens with two attached hydrogens (primary N) is 2. The maximum Gasteiger partial charge on any atom is 0.244 e. The smallest absolute Gasteiger partial charge is 0.244 e. The predicted octanol–water partition coefficient (Wildman–Crippen LogP) is -0.310. The van der Waals surface area contributed by atoms with Crippen molar-refractivity contribution in [3.63, 3.8) is 0 Å². The summed E-state index contributed by atoms with van der Waals surface area (Å²) in [6.45, 7) is 2.27. The Morgan fingerprint density at radius 1 is 0.933 bits per heavy atom. The Labute approximate surface area is 263 Å². The van der Waals surface area contributed by atoms with Crippen LogP contribution < -0.4 is 32.7 Å². The van der Waals surface area contributed by atoms with Crippen molar-refractivity contribution >= 4 is 46.0 Å². The van der Waals surface area contributed by atoms with E-state index < -0.39 is 53.1 Å². The normalized spacial score (nSPS) is 14.2. The summed E-state index contributed by atoms with van der Waals surface area (Å²) in [4.78, 5) is 69.4. The van der Waals surface area contributed by atoms with Crippen molar-refractivity contribution in [1.82, 2.24) is 20.9 Å². The van der Waals surface area contributed by atoms with Gasteiger partial charge in [0.05, 0.1) is 23.9 Å². The zero-order valence-electron chi connectivity index (χ0n) is 24.8. The van der Waals surface area contributed by atoms with Gasteiger partial charge in [-0.2, -0.15) is 0 Å². The molecule has 1 aromatic heterocycles. The minimum absolute atomic E-state index is 0.0341. The van der Waals surface area contributed by atoms with Crippen LogP contribution in [0.25, 0.3) is 0 Å². The molecule has 0 aliphatic carbocycles. The minimum atomic E-state index is -1.91. The second-order valence-corrected chi connectivity index (χ2v) is 11.6. The molecule has 1 heterocycles. The first-order chi connectivity index (χ1) is 21.3. The van der Waals surface area contributed by atoms with Gasteiger partial charge < -0.3 is 42.9 Å². The highest BCUT2D eigenvalue weighted by molar-refractivity contribution is 7.15. The van der Waals surface area contributed by atoms with Gasteiger partial charge >= 0.3 is 0 Å². The Morgan fingerprint density at radius 2 is 1.60 bits per heavy atom. The summed E-state index contributed by atoms with van der Waals surface area (Å²) in [5.41, 5.74) is 10.7. The largest absolute Gasteiger partial charge is 0.508 e. The maximum atomic E-state index is 13.5. The predicted molar refractivity (Wildman–Crippen MR) is 166 cm³/mol. The molecule has 3 rings (SSSR count). The van der Waals surface area contributed by atoms with Crippen LogP contribution in [0.3, 0.4) is 0 Å². The van der Waals surface area contributed by atoms with Crippen LogP contribution in [0, 0.1) is 5.92 Å². The summed E-state index contributed by atoms with van der Waals surface area (Å²) in [5.74, 6) is -5.15. The molecule has 14 nitrogen and oxygen atoms in total. The van der Waals surface area contributed by atoms with Gasteiger partial charge in [-0.15, -0.1) is 0 Å². The number of phenols is 1. The van der Waals surface area contributed by atoms with E-state index in [9.17, 15) is 34.2 Å². The molecule has 0 bridgehead atoms. The van der Waals surface area contributed by atoms with Crippen LogP contribution in [0.4, 0.5) is 5.13 Å². The van der Waals surface area contributed by atoms with E-state index in [4.69, 9.17) is 11.5 Å². The Hall–Kier alpha value is -5.02. The quantitative estimate of drug-likeness (QED) is 0.102. The van der Waals surface area contributed by atoms with Gasteiger partial charge in [0, 0.05) is 19.0 Å². The summed E-state index contributed by atoms with van der Waals surface area (Å²) >= 11 is 1.14. The van der Waals surface area contributed by atoms with E-state index in [-0.39, 0.29) is 31.7 Å². The number of nitrogens with one attached hydrogen (secondary N) is 4. The summed E-state index contributed by atoms with van der Waals surface area (Å²) < 4.78 is 0. The van der Waals surface area contributed by atoms with Crippen molar-refractivity contribution in [3.05, 3.63) is 76.8 Å². The van der Waals surface area contributed by atoms with Crippen molar-refractivity contribution in [2.24, 2.45) is 17.4 Å². The molecule has 3 aromatic rings. The average Bonchev–Trinajstić information content (AvgIpc) is 3.48. The standard InChI is InChI=1S/C30H37N7O7S/c1-17(26(42)35-18(2)27(43)36-23(25(31)41)12-19-8-10-21(39)11-9-19)30(28(32)44,13-20-6-4-3-5-7-20)37-24(40)15-34-29-33-14-22(16-38)45-29/h3-11,14,17-18,23,38-39H,12-13,15-16H2,1-2H3,(H2,31,41)(H2,32,44)(H,33,34)(H,35,42)(H,36,43)(H,37,40)/t17-,18+,23+,30?/m1/s1. The number of phenolic OH excluding ortho intramolecular Hbond substituents is 1. The van der Waals surface area contributed by atoms with Crippen LogP contribution in [0.2, 0.25) is 0 Å². The Bertz CT molecular complexity index is 1500. The monoisotopic (exact) mass is 639 g/mol. The lowest BCUT2D eigenvalue weighted by molar-refractivity contribution is -0.140. The van der Waals surface area contributed by atoms with E-state index in [0.29, 0.717) is 21.1 Å². The summed E-state index contributed by atoms with van der Waals surface area (Å²) in [6.07, 6.45) is 1.37. The first-order valence-corrected chi connectivity index (χ1v) is 14.8. The Kier molecular flexibility index (Phi) is 12.0. The fourth-order valence-electron chi connectivity index (χ4n) is 4.51. The number of aliphatic hydroxyl groups excluding tert-OH is 1. The number of aromatic hydroxyl groups is 1. The van der Waals surface area contributed by atoms with E-state index in [1.54, 1.807) is 42.5 Å². The molecule has 45 heavy (non-hydrogen) atoms. The number of carbonyl (C=O) groups excluding carboxylic acids is 5. The van der Waals surface area contributed by atoms with Crippen LogP contribution in [-0.4, -0.2) is 68.9 Å². The third-order valence-corrected chi connectivity index (χ3v) is 8.10. The number of carbonyl (C=O) groups is 5. The molecular weight excluding hydrogens is 602 g/mol. The number of primary amides is 2. The Morgan fingerprint density at radius 3 is 2.18 bits per heavy atom. The van der Waals surface area contributed by atoms with E-state index in [0.717, 1.165) is 11.3 Å². The van der Waals surface area contributed by atoms with Gasteiger partial charge in [0.15, 0.2) is 5.13 Å².